The maximum atomic E-state index is 5.75. The van der Waals surface area contributed by atoms with E-state index >= 15 is 0 Å². The van der Waals surface area contributed by atoms with E-state index < -0.39 is 0 Å². The third-order valence-corrected chi connectivity index (χ3v) is 5.11. The maximum absolute atomic E-state index is 5.75. The summed E-state index contributed by atoms with van der Waals surface area (Å²) in [6, 6.07) is 0. The van der Waals surface area contributed by atoms with Crippen LogP contribution in [0.25, 0.3) is 0 Å². The summed E-state index contributed by atoms with van der Waals surface area (Å²) in [7, 11) is 0. The van der Waals surface area contributed by atoms with Gasteiger partial charge in [0.25, 0.3) is 0 Å². The van der Waals surface area contributed by atoms with Crippen molar-refractivity contribution in [2.75, 3.05) is 13.2 Å². The third kappa shape index (κ3) is 13.4. The molecular formula is C20H42O. The summed E-state index contributed by atoms with van der Waals surface area (Å²) in [5, 5.41) is 0. The smallest absolute Gasteiger partial charge is 0.0466 e. The van der Waals surface area contributed by atoms with Gasteiger partial charge in [0.15, 0.2) is 0 Å². The Kier molecular flexibility index (Phi) is 16.3. The van der Waals surface area contributed by atoms with Gasteiger partial charge in [0.05, 0.1) is 0 Å². The Morgan fingerprint density at radius 1 is 0.524 bits per heavy atom. The van der Waals surface area contributed by atoms with Crippen LogP contribution in [0.2, 0.25) is 0 Å². The van der Waals surface area contributed by atoms with Crippen molar-refractivity contribution in [3.63, 3.8) is 0 Å². The Labute approximate surface area is 135 Å². The molecule has 0 aromatic heterocycles. The molecule has 0 atom stereocenters. The first-order valence-electron chi connectivity index (χ1n) is 9.86. The van der Waals surface area contributed by atoms with Gasteiger partial charge in [-0.05, 0) is 24.7 Å². The fourth-order valence-corrected chi connectivity index (χ4v) is 3.12. The molecule has 128 valence electrons. The fourth-order valence-electron chi connectivity index (χ4n) is 3.12. The second-order valence-corrected chi connectivity index (χ2v) is 6.68. The summed E-state index contributed by atoms with van der Waals surface area (Å²) in [6.07, 6.45) is 16.3. The van der Waals surface area contributed by atoms with E-state index in [2.05, 4.69) is 27.7 Å². The number of hydrogen-bond acceptors (Lipinski definition) is 1. The molecule has 0 heterocycles. The molecule has 1 heteroatoms. The predicted octanol–water partition coefficient (Wildman–Crippen LogP) is 7.00. The van der Waals surface area contributed by atoms with Crippen molar-refractivity contribution in [3.8, 4) is 0 Å². The number of ether oxygens (including phenoxy) is 1. The maximum Gasteiger partial charge on any atom is 0.0466 e. The summed E-state index contributed by atoms with van der Waals surface area (Å²) in [5.74, 6) is 1.92. The second-order valence-electron chi connectivity index (χ2n) is 6.68. The zero-order valence-corrected chi connectivity index (χ0v) is 15.5. The van der Waals surface area contributed by atoms with Crippen molar-refractivity contribution in [2.45, 2.75) is 105 Å². The highest BCUT2D eigenvalue weighted by Crippen LogP contribution is 2.17. The van der Waals surface area contributed by atoms with Gasteiger partial charge in [-0.3, -0.25) is 0 Å². The van der Waals surface area contributed by atoms with Gasteiger partial charge in [0, 0.05) is 13.2 Å². The van der Waals surface area contributed by atoms with Crippen molar-refractivity contribution in [2.24, 2.45) is 11.8 Å². The molecule has 0 fully saturated rings. The highest BCUT2D eigenvalue weighted by atomic mass is 16.5. The predicted molar refractivity (Wildman–Crippen MR) is 95.9 cm³/mol. The quantitative estimate of drug-likeness (QED) is 0.279. The molecule has 0 aromatic rings. The summed E-state index contributed by atoms with van der Waals surface area (Å²) >= 11 is 0. The molecule has 0 saturated carbocycles. The zero-order chi connectivity index (χ0) is 15.8. The number of hydrogen-bond donors (Lipinski definition) is 0. The van der Waals surface area contributed by atoms with E-state index in [1.54, 1.807) is 0 Å². The molecule has 0 bridgehead atoms. The Morgan fingerprint density at radius 2 is 0.905 bits per heavy atom. The first-order chi connectivity index (χ1) is 10.3. The van der Waals surface area contributed by atoms with Crippen molar-refractivity contribution in [1.29, 1.82) is 0 Å². The zero-order valence-electron chi connectivity index (χ0n) is 15.5. The van der Waals surface area contributed by atoms with Crippen molar-refractivity contribution >= 4 is 0 Å². The van der Waals surface area contributed by atoms with Crippen LogP contribution >= 0.6 is 0 Å². The monoisotopic (exact) mass is 298 g/mol. The minimum atomic E-state index is 0.959. The molecule has 0 aliphatic carbocycles. The van der Waals surface area contributed by atoms with Gasteiger partial charge in [-0.25, -0.2) is 0 Å². The topological polar surface area (TPSA) is 9.23 Å². The normalized spacial score (nSPS) is 11.7. The molecule has 0 aliphatic rings. The van der Waals surface area contributed by atoms with Gasteiger partial charge in [0.2, 0.25) is 0 Å². The molecule has 0 aromatic carbocycles. The number of unbranched alkanes of at least 4 members (excludes halogenated alkanes) is 4. The van der Waals surface area contributed by atoms with E-state index in [0.717, 1.165) is 25.0 Å². The molecule has 0 spiro atoms. The molecule has 0 saturated heterocycles. The van der Waals surface area contributed by atoms with Crippen LogP contribution in [0.15, 0.2) is 0 Å². The Hall–Kier alpha value is -0.0400. The molecule has 21 heavy (non-hydrogen) atoms. The van der Waals surface area contributed by atoms with Crippen LogP contribution in [0.4, 0.5) is 0 Å². The van der Waals surface area contributed by atoms with Crippen molar-refractivity contribution < 1.29 is 4.74 Å². The summed E-state index contributed by atoms with van der Waals surface area (Å²) in [6.45, 7) is 11.2. The first kappa shape index (κ1) is 21.0. The van der Waals surface area contributed by atoms with Crippen LogP contribution < -0.4 is 0 Å². The Morgan fingerprint density at radius 3 is 1.24 bits per heavy atom. The van der Waals surface area contributed by atoms with Crippen LogP contribution in [0.3, 0.4) is 0 Å². The minimum absolute atomic E-state index is 0.959. The Bertz CT molecular complexity index is 162. The lowest BCUT2D eigenvalue weighted by Crippen LogP contribution is -2.00. The molecule has 0 N–H and O–H groups in total. The van der Waals surface area contributed by atoms with Crippen molar-refractivity contribution in [1.82, 2.24) is 0 Å². The Balaban J connectivity index is 3.15. The average Bonchev–Trinajstić information content (AvgIpc) is 2.52. The van der Waals surface area contributed by atoms with Crippen LogP contribution in [0, 0.1) is 11.8 Å². The van der Waals surface area contributed by atoms with Gasteiger partial charge in [0.1, 0.15) is 0 Å². The molecule has 1 nitrogen and oxygen atoms in total. The molecular weight excluding hydrogens is 256 g/mol. The third-order valence-electron chi connectivity index (χ3n) is 5.11. The van der Waals surface area contributed by atoms with Gasteiger partial charge in [-0.15, -0.1) is 0 Å². The number of rotatable bonds is 16. The molecule has 0 amide bonds. The van der Waals surface area contributed by atoms with Gasteiger partial charge in [-0.1, -0.05) is 91.9 Å². The summed E-state index contributed by atoms with van der Waals surface area (Å²) in [5.41, 5.74) is 0. The van der Waals surface area contributed by atoms with E-state index in [4.69, 9.17) is 4.74 Å². The van der Waals surface area contributed by atoms with E-state index in [1.165, 1.54) is 77.0 Å². The first-order valence-corrected chi connectivity index (χ1v) is 9.86. The van der Waals surface area contributed by atoms with Crippen molar-refractivity contribution in [3.05, 3.63) is 0 Å². The van der Waals surface area contributed by atoms with E-state index in [-0.39, 0.29) is 0 Å². The van der Waals surface area contributed by atoms with Crippen LogP contribution in [0.1, 0.15) is 105 Å². The van der Waals surface area contributed by atoms with Crippen LogP contribution in [-0.4, -0.2) is 13.2 Å². The highest BCUT2D eigenvalue weighted by molar-refractivity contribution is 4.56. The van der Waals surface area contributed by atoms with Gasteiger partial charge >= 0.3 is 0 Å². The second kappa shape index (κ2) is 16.3. The average molecular weight is 299 g/mol. The minimum Gasteiger partial charge on any atom is -0.381 e. The molecule has 0 rings (SSSR count). The van der Waals surface area contributed by atoms with Gasteiger partial charge < -0.3 is 4.74 Å². The SMILES string of the molecule is CCC(CC)CCCCCOCCCCCC(CC)CC. The lowest BCUT2D eigenvalue weighted by atomic mass is 9.96. The van der Waals surface area contributed by atoms with Crippen LogP contribution in [0.5, 0.6) is 0 Å². The highest BCUT2D eigenvalue weighted by Gasteiger charge is 2.03. The summed E-state index contributed by atoms with van der Waals surface area (Å²) in [4.78, 5) is 0. The van der Waals surface area contributed by atoms with Gasteiger partial charge in [-0.2, -0.15) is 0 Å². The van der Waals surface area contributed by atoms with E-state index in [1.807, 2.05) is 0 Å². The molecule has 0 unspecified atom stereocenters. The summed E-state index contributed by atoms with van der Waals surface area (Å²) < 4.78 is 5.75. The van der Waals surface area contributed by atoms with E-state index in [0.29, 0.717) is 0 Å². The standard InChI is InChI=1S/C20H42O/c1-5-19(6-2)15-11-9-13-17-21-18-14-10-12-16-20(7-3)8-4/h19-20H,5-18H2,1-4H3. The lowest BCUT2D eigenvalue weighted by molar-refractivity contribution is 0.125. The molecule has 0 aliphatic heterocycles. The van der Waals surface area contributed by atoms with E-state index in [9.17, 15) is 0 Å². The van der Waals surface area contributed by atoms with Crippen LogP contribution in [-0.2, 0) is 4.74 Å². The lowest BCUT2D eigenvalue weighted by Gasteiger charge is -2.12. The molecule has 0 radical (unpaired) electrons. The fraction of sp³-hybridized carbons (Fsp3) is 1.00. The largest absolute Gasteiger partial charge is 0.381 e.